The first-order valence-electron chi connectivity index (χ1n) is 6.81. The van der Waals surface area contributed by atoms with E-state index < -0.39 is 0 Å². The fourth-order valence-electron chi connectivity index (χ4n) is 2.65. The Balaban J connectivity index is 2.01. The zero-order chi connectivity index (χ0) is 13.9. The molecular formula is C15H17N3O2. The van der Waals surface area contributed by atoms with Crippen molar-refractivity contribution < 1.29 is 9.53 Å². The van der Waals surface area contributed by atoms with Crippen LogP contribution in [-0.2, 0) is 11.2 Å². The molecule has 0 radical (unpaired) electrons. The molecule has 1 N–H and O–H groups in total. The number of nitrogens with one attached hydrogen (secondary N) is 1. The molecule has 1 amide bonds. The van der Waals surface area contributed by atoms with Gasteiger partial charge in [-0.2, -0.15) is 0 Å². The number of hydrogen-bond acceptors (Lipinski definition) is 3. The number of fused-ring (bicyclic) bond motifs is 1. The number of amides is 1. The summed E-state index contributed by atoms with van der Waals surface area (Å²) in [5.74, 6) is 0. The van der Waals surface area contributed by atoms with Crippen molar-refractivity contribution >= 4 is 6.09 Å². The number of carbonyl (C=O) groups excluding carboxylic acids is 1. The Bertz CT molecular complexity index is 594. The molecule has 0 saturated heterocycles. The minimum atomic E-state index is -0.282. The van der Waals surface area contributed by atoms with Crippen LogP contribution >= 0.6 is 0 Å². The number of aromatic nitrogens is 2. The standard InChI is InChI=1S/C15H17N3O2/c1-2-20-15(19)18-9-8-12-13(17-10-16-12)14(18)11-6-4-3-5-7-11/h3-7,10,14H,2,8-9H2,1H3,(H,16,17). The maximum absolute atomic E-state index is 12.2. The highest BCUT2D eigenvalue weighted by molar-refractivity contribution is 5.69. The van der Waals surface area contributed by atoms with Crippen molar-refractivity contribution in [3.8, 4) is 0 Å². The SMILES string of the molecule is CCOC(=O)N1CCc2[nH]cnc2C1c1ccccc1. The van der Waals surface area contributed by atoms with Gasteiger partial charge in [0.1, 0.15) is 6.04 Å². The number of H-pyrrole nitrogens is 1. The summed E-state index contributed by atoms with van der Waals surface area (Å²) in [5, 5.41) is 0. The van der Waals surface area contributed by atoms with Gasteiger partial charge in [0.25, 0.3) is 0 Å². The molecule has 0 spiro atoms. The first-order chi connectivity index (χ1) is 9.81. The molecule has 0 saturated carbocycles. The van der Waals surface area contributed by atoms with Crippen LogP contribution in [0.1, 0.15) is 29.9 Å². The average Bonchev–Trinajstić information content (AvgIpc) is 2.95. The molecule has 5 heteroatoms. The summed E-state index contributed by atoms with van der Waals surface area (Å²) in [7, 11) is 0. The van der Waals surface area contributed by atoms with Crippen LogP contribution in [0.25, 0.3) is 0 Å². The van der Waals surface area contributed by atoms with E-state index in [4.69, 9.17) is 4.74 Å². The van der Waals surface area contributed by atoms with Crippen LogP contribution in [0.2, 0.25) is 0 Å². The van der Waals surface area contributed by atoms with Crippen molar-refractivity contribution in [2.75, 3.05) is 13.2 Å². The number of benzene rings is 1. The van der Waals surface area contributed by atoms with Crippen molar-refractivity contribution in [1.29, 1.82) is 0 Å². The van der Waals surface area contributed by atoms with Gasteiger partial charge in [0.2, 0.25) is 0 Å². The highest BCUT2D eigenvalue weighted by Gasteiger charge is 2.34. The van der Waals surface area contributed by atoms with Gasteiger partial charge >= 0.3 is 6.09 Å². The monoisotopic (exact) mass is 271 g/mol. The van der Waals surface area contributed by atoms with Gasteiger partial charge in [-0.1, -0.05) is 30.3 Å². The second-order valence-corrected chi connectivity index (χ2v) is 4.72. The van der Waals surface area contributed by atoms with Crippen molar-refractivity contribution in [1.82, 2.24) is 14.9 Å². The zero-order valence-corrected chi connectivity index (χ0v) is 11.4. The van der Waals surface area contributed by atoms with Gasteiger partial charge in [-0.25, -0.2) is 9.78 Å². The first kappa shape index (κ1) is 12.7. The van der Waals surface area contributed by atoms with Crippen LogP contribution < -0.4 is 0 Å². The lowest BCUT2D eigenvalue weighted by molar-refractivity contribution is 0.0929. The topological polar surface area (TPSA) is 58.2 Å². The van der Waals surface area contributed by atoms with Gasteiger partial charge in [0, 0.05) is 18.7 Å². The van der Waals surface area contributed by atoms with E-state index in [1.54, 1.807) is 11.2 Å². The van der Waals surface area contributed by atoms with E-state index in [9.17, 15) is 4.79 Å². The molecule has 2 heterocycles. The van der Waals surface area contributed by atoms with Gasteiger partial charge in [-0.15, -0.1) is 0 Å². The second kappa shape index (κ2) is 5.36. The minimum absolute atomic E-state index is 0.176. The lowest BCUT2D eigenvalue weighted by atomic mass is 9.96. The molecule has 2 aromatic rings. The van der Waals surface area contributed by atoms with E-state index in [0.29, 0.717) is 13.2 Å². The van der Waals surface area contributed by atoms with Crippen LogP contribution in [-0.4, -0.2) is 34.1 Å². The Labute approximate surface area is 117 Å². The van der Waals surface area contributed by atoms with E-state index in [1.165, 1.54) is 0 Å². The van der Waals surface area contributed by atoms with Crippen LogP contribution in [0.15, 0.2) is 36.7 Å². The van der Waals surface area contributed by atoms with Crippen LogP contribution in [0.4, 0.5) is 4.79 Å². The summed E-state index contributed by atoms with van der Waals surface area (Å²) in [6.07, 6.45) is 2.18. The Morgan fingerprint density at radius 3 is 3.00 bits per heavy atom. The molecule has 3 rings (SSSR count). The molecule has 0 bridgehead atoms. The number of carbonyl (C=O) groups is 1. The van der Waals surface area contributed by atoms with Crippen LogP contribution in [0.3, 0.4) is 0 Å². The minimum Gasteiger partial charge on any atom is -0.450 e. The van der Waals surface area contributed by atoms with E-state index in [-0.39, 0.29) is 12.1 Å². The van der Waals surface area contributed by atoms with E-state index >= 15 is 0 Å². The molecule has 104 valence electrons. The number of imidazole rings is 1. The fraction of sp³-hybridized carbons (Fsp3) is 0.333. The van der Waals surface area contributed by atoms with Gasteiger partial charge in [0.05, 0.1) is 18.6 Å². The summed E-state index contributed by atoms with van der Waals surface area (Å²) in [6, 6.07) is 9.76. The van der Waals surface area contributed by atoms with Crippen LogP contribution in [0.5, 0.6) is 0 Å². The Hall–Kier alpha value is -2.30. The molecule has 1 aromatic carbocycles. The largest absolute Gasteiger partial charge is 0.450 e. The van der Waals surface area contributed by atoms with Crippen molar-refractivity contribution in [2.45, 2.75) is 19.4 Å². The summed E-state index contributed by atoms with van der Waals surface area (Å²) >= 11 is 0. The summed E-state index contributed by atoms with van der Waals surface area (Å²) in [6.45, 7) is 2.83. The fourth-order valence-corrected chi connectivity index (χ4v) is 2.65. The Morgan fingerprint density at radius 1 is 1.45 bits per heavy atom. The van der Waals surface area contributed by atoms with Gasteiger partial charge in [-0.05, 0) is 12.5 Å². The maximum atomic E-state index is 12.2. The molecule has 20 heavy (non-hydrogen) atoms. The molecule has 1 aromatic heterocycles. The molecule has 1 unspecified atom stereocenters. The zero-order valence-electron chi connectivity index (χ0n) is 11.4. The lowest BCUT2D eigenvalue weighted by Gasteiger charge is -2.34. The van der Waals surface area contributed by atoms with Crippen molar-refractivity contribution in [3.63, 3.8) is 0 Å². The quantitative estimate of drug-likeness (QED) is 0.913. The highest BCUT2D eigenvalue weighted by Crippen LogP contribution is 2.33. The van der Waals surface area contributed by atoms with Crippen LogP contribution in [0, 0.1) is 0 Å². The number of nitrogens with zero attached hydrogens (tertiary/aromatic N) is 2. The summed E-state index contributed by atoms with van der Waals surface area (Å²) in [4.78, 5) is 21.5. The molecular weight excluding hydrogens is 254 g/mol. The van der Waals surface area contributed by atoms with E-state index in [1.807, 2.05) is 37.3 Å². The van der Waals surface area contributed by atoms with E-state index in [0.717, 1.165) is 23.4 Å². The summed E-state index contributed by atoms with van der Waals surface area (Å²) in [5.41, 5.74) is 3.06. The average molecular weight is 271 g/mol. The molecule has 1 aliphatic heterocycles. The van der Waals surface area contributed by atoms with Gasteiger partial charge in [0.15, 0.2) is 0 Å². The normalized spacial score (nSPS) is 17.6. The van der Waals surface area contributed by atoms with Gasteiger partial charge < -0.3 is 9.72 Å². The first-order valence-corrected chi connectivity index (χ1v) is 6.81. The Morgan fingerprint density at radius 2 is 2.25 bits per heavy atom. The van der Waals surface area contributed by atoms with Crippen molar-refractivity contribution in [2.24, 2.45) is 0 Å². The second-order valence-electron chi connectivity index (χ2n) is 4.72. The predicted molar refractivity (Wildman–Crippen MR) is 74.3 cm³/mol. The molecule has 0 fully saturated rings. The third kappa shape index (κ3) is 2.15. The highest BCUT2D eigenvalue weighted by atomic mass is 16.6. The molecule has 1 aliphatic rings. The number of hydrogen-bond donors (Lipinski definition) is 1. The van der Waals surface area contributed by atoms with Crippen molar-refractivity contribution in [3.05, 3.63) is 53.6 Å². The molecule has 1 atom stereocenters. The molecule has 0 aliphatic carbocycles. The van der Waals surface area contributed by atoms with E-state index in [2.05, 4.69) is 9.97 Å². The number of aromatic amines is 1. The Kier molecular flexibility index (Phi) is 3.41. The summed E-state index contributed by atoms with van der Waals surface area (Å²) < 4.78 is 5.17. The number of ether oxygens (including phenoxy) is 1. The number of rotatable bonds is 2. The van der Waals surface area contributed by atoms with Gasteiger partial charge in [-0.3, -0.25) is 4.90 Å². The third-order valence-electron chi connectivity index (χ3n) is 3.54. The lowest BCUT2D eigenvalue weighted by Crippen LogP contribution is -2.41. The maximum Gasteiger partial charge on any atom is 0.410 e. The smallest absolute Gasteiger partial charge is 0.410 e. The molecule has 5 nitrogen and oxygen atoms in total. The predicted octanol–water partition coefficient (Wildman–Crippen LogP) is 2.51. The third-order valence-corrected chi connectivity index (χ3v) is 3.54.